The zero-order valence-electron chi connectivity index (χ0n) is 13.9. The van der Waals surface area contributed by atoms with E-state index in [1.54, 1.807) is 7.05 Å². The summed E-state index contributed by atoms with van der Waals surface area (Å²) in [5.41, 5.74) is 0. The molecule has 1 rings (SSSR count). The monoisotopic (exact) mass is 422 g/mol. The molecule has 22 heavy (non-hydrogen) atoms. The van der Waals surface area contributed by atoms with Gasteiger partial charge in [0.05, 0.1) is 0 Å². The third-order valence-corrected chi connectivity index (χ3v) is 3.83. The highest BCUT2D eigenvalue weighted by molar-refractivity contribution is 14.0. The fourth-order valence-electron chi connectivity index (χ4n) is 2.62. The number of unbranched alkanes of at least 4 members (excludes halogenated alkanes) is 1. The van der Waals surface area contributed by atoms with Gasteiger partial charge in [-0.3, -0.25) is 9.79 Å². The molecule has 5 nitrogen and oxygen atoms in total. The third-order valence-electron chi connectivity index (χ3n) is 3.83. The summed E-state index contributed by atoms with van der Waals surface area (Å²) in [6, 6.07) is 0.401. The average molecular weight is 422 g/mol. The van der Waals surface area contributed by atoms with E-state index in [1.165, 1.54) is 12.8 Å². The largest absolute Gasteiger partial charge is 0.356 e. The van der Waals surface area contributed by atoms with Crippen LogP contribution in [0.1, 0.15) is 44.9 Å². The number of nitrogens with zero attached hydrogens (tertiary/aromatic N) is 2. The lowest BCUT2D eigenvalue weighted by Crippen LogP contribution is -2.41. The summed E-state index contributed by atoms with van der Waals surface area (Å²) >= 11 is 0. The Bertz CT molecular complexity index is 354. The number of carbonyl (C=O) groups excluding carboxylic acids is 1. The van der Waals surface area contributed by atoms with Crippen LogP contribution in [-0.4, -0.2) is 50.0 Å². The van der Waals surface area contributed by atoms with Crippen molar-refractivity contribution in [3.8, 4) is 0 Å². The molecule has 0 aliphatic heterocycles. The van der Waals surface area contributed by atoms with Crippen LogP contribution >= 0.6 is 24.0 Å². The summed E-state index contributed by atoms with van der Waals surface area (Å²) in [4.78, 5) is 18.2. The van der Waals surface area contributed by atoms with Crippen molar-refractivity contribution >= 4 is 35.8 Å². The molecule has 1 aliphatic rings. The van der Waals surface area contributed by atoms with Crippen molar-refractivity contribution < 1.29 is 4.79 Å². The van der Waals surface area contributed by atoms with Gasteiger partial charge in [0.25, 0.3) is 0 Å². The summed E-state index contributed by atoms with van der Waals surface area (Å²) < 4.78 is 0. The number of guanidine groups is 1. The van der Waals surface area contributed by atoms with Crippen LogP contribution in [0.4, 0.5) is 0 Å². The Morgan fingerprint density at radius 1 is 1.41 bits per heavy atom. The van der Waals surface area contributed by atoms with Crippen molar-refractivity contribution in [2.45, 2.75) is 51.0 Å². The maximum atomic E-state index is 11.8. The van der Waals surface area contributed by atoms with Crippen LogP contribution < -0.4 is 10.6 Å². The molecule has 0 aromatic carbocycles. The van der Waals surface area contributed by atoms with Crippen LogP contribution in [0, 0.1) is 0 Å². The van der Waals surface area contributed by atoms with Gasteiger partial charge in [-0.15, -0.1) is 30.6 Å². The van der Waals surface area contributed by atoms with E-state index in [0.717, 1.165) is 38.2 Å². The molecule has 0 unspecified atom stereocenters. The van der Waals surface area contributed by atoms with E-state index in [9.17, 15) is 4.79 Å². The van der Waals surface area contributed by atoms with E-state index < -0.39 is 0 Å². The second kappa shape index (κ2) is 12.7. The highest BCUT2D eigenvalue weighted by atomic mass is 127. The Balaban J connectivity index is 0.00000441. The zero-order valence-corrected chi connectivity index (χ0v) is 16.3. The number of carbonyl (C=O) groups is 1. The number of allylic oxidation sites excluding steroid dienone is 1. The van der Waals surface area contributed by atoms with Gasteiger partial charge in [0.2, 0.25) is 5.91 Å². The summed E-state index contributed by atoms with van der Waals surface area (Å²) in [5.74, 6) is 0.979. The Hall–Kier alpha value is -0.790. The summed E-state index contributed by atoms with van der Waals surface area (Å²) in [6.07, 6.45) is 9.23. The first kappa shape index (κ1) is 21.2. The molecule has 1 amide bonds. The molecule has 0 saturated heterocycles. The fraction of sp³-hybridized carbons (Fsp3) is 0.750. The van der Waals surface area contributed by atoms with Gasteiger partial charge < -0.3 is 15.5 Å². The molecule has 0 aromatic heterocycles. The number of halogens is 1. The van der Waals surface area contributed by atoms with E-state index in [2.05, 4.69) is 27.1 Å². The van der Waals surface area contributed by atoms with Crippen LogP contribution in [0.3, 0.4) is 0 Å². The maximum absolute atomic E-state index is 11.8. The van der Waals surface area contributed by atoms with Crippen molar-refractivity contribution in [3.05, 3.63) is 12.7 Å². The number of hydrogen-bond acceptors (Lipinski definition) is 2. The van der Waals surface area contributed by atoms with Crippen molar-refractivity contribution in [2.75, 3.05) is 27.2 Å². The molecule has 0 bridgehead atoms. The van der Waals surface area contributed by atoms with E-state index in [1.807, 2.05) is 13.1 Å². The molecule has 0 spiro atoms. The van der Waals surface area contributed by atoms with Gasteiger partial charge in [0.15, 0.2) is 5.96 Å². The van der Waals surface area contributed by atoms with Crippen LogP contribution in [0.25, 0.3) is 0 Å². The predicted molar refractivity (Wildman–Crippen MR) is 104 cm³/mol. The molecule has 6 heteroatoms. The Kier molecular flexibility index (Phi) is 12.3. The number of nitrogens with one attached hydrogen (secondary N) is 2. The zero-order chi connectivity index (χ0) is 15.5. The van der Waals surface area contributed by atoms with Gasteiger partial charge in [-0.05, 0) is 25.7 Å². The number of amides is 1. The molecule has 1 fully saturated rings. The van der Waals surface area contributed by atoms with Crippen molar-refractivity contribution in [3.63, 3.8) is 0 Å². The second-order valence-electron chi connectivity index (χ2n) is 5.63. The molecule has 1 aliphatic carbocycles. The average Bonchev–Trinajstić information content (AvgIpc) is 2.96. The smallest absolute Gasteiger partial charge is 0.221 e. The van der Waals surface area contributed by atoms with Crippen LogP contribution in [-0.2, 0) is 4.79 Å². The van der Waals surface area contributed by atoms with E-state index in [-0.39, 0.29) is 29.9 Å². The minimum absolute atomic E-state index is 0. The minimum Gasteiger partial charge on any atom is -0.356 e. The van der Waals surface area contributed by atoms with Crippen molar-refractivity contribution in [1.82, 2.24) is 15.5 Å². The van der Waals surface area contributed by atoms with Crippen molar-refractivity contribution in [2.24, 2.45) is 4.99 Å². The van der Waals surface area contributed by atoms with Crippen LogP contribution in [0.2, 0.25) is 0 Å². The lowest BCUT2D eigenvalue weighted by atomic mass is 10.2. The lowest BCUT2D eigenvalue weighted by molar-refractivity contribution is -0.121. The molecular weight excluding hydrogens is 391 g/mol. The topological polar surface area (TPSA) is 56.7 Å². The highest BCUT2D eigenvalue weighted by Gasteiger charge is 2.16. The molecule has 128 valence electrons. The molecule has 1 saturated carbocycles. The Morgan fingerprint density at radius 2 is 2.09 bits per heavy atom. The Labute approximate surface area is 152 Å². The molecule has 0 atom stereocenters. The van der Waals surface area contributed by atoms with Crippen LogP contribution in [0.15, 0.2) is 17.6 Å². The van der Waals surface area contributed by atoms with Gasteiger partial charge in [0, 0.05) is 39.6 Å². The quantitative estimate of drug-likeness (QED) is 0.208. The summed E-state index contributed by atoms with van der Waals surface area (Å²) in [7, 11) is 3.78. The first-order valence-corrected chi connectivity index (χ1v) is 7.99. The second-order valence-corrected chi connectivity index (χ2v) is 5.63. The van der Waals surface area contributed by atoms with E-state index in [4.69, 9.17) is 0 Å². The van der Waals surface area contributed by atoms with E-state index in [0.29, 0.717) is 19.0 Å². The van der Waals surface area contributed by atoms with Gasteiger partial charge in [-0.1, -0.05) is 18.9 Å². The number of rotatable bonds is 8. The van der Waals surface area contributed by atoms with Gasteiger partial charge in [-0.25, -0.2) is 0 Å². The van der Waals surface area contributed by atoms with Gasteiger partial charge in [0.1, 0.15) is 0 Å². The van der Waals surface area contributed by atoms with Crippen LogP contribution in [0.5, 0.6) is 0 Å². The number of hydrogen-bond donors (Lipinski definition) is 2. The number of aliphatic imine (C=N–C) groups is 1. The SMILES string of the molecule is C=CCCCN(C)C(=NC)NCCC(=O)NC1CCCC1.I. The minimum atomic E-state index is 0. The molecule has 0 heterocycles. The normalized spacial score (nSPS) is 15.1. The highest BCUT2D eigenvalue weighted by Crippen LogP contribution is 2.17. The lowest BCUT2D eigenvalue weighted by Gasteiger charge is -2.22. The molecule has 0 aromatic rings. The predicted octanol–water partition coefficient (Wildman–Crippen LogP) is 2.53. The summed E-state index contributed by atoms with van der Waals surface area (Å²) in [6.45, 7) is 5.28. The summed E-state index contributed by atoms with van der Waals surface area (Å²) in [5, 5.41) is 6.34. The molecule has 0 radical (unpaired) electrons. The van der Waals surface area contributed by atoms with Gasteiger partial charge in [-0.2, -0.15) is 0 Å². The standard InChI is InChI=1S/C16H30N4O.HI/c1-4-5-8-13-20(3)16(17-2)18-12-11-15(21)19-14-9-6-7-10-14;/h4,14H,1,5-13H2,2-3H3,(H,17,18)(H,19,21);1H. The van der Waals surface area contributed by atoms with E-state index >= 15 is 0 Å². The van der Waals surface area contributed by atoms with Gasteiger partial charge >= 0.3 is 0 Å². The Morgan fingerprint density at radius 3 is 2.68 bits per heavy atom. The first-order valence-electron chi connectivity index (χ1n) is 7.99. The molecule has 2 N–H and O–H groups in total. The maximum Gasteiger partial charge on any atom is 0.221 e. The third kappa shape index (κ3) is 8.60. The van der Waals surface area contributed by atoms with Crippen molar-refractivity contribution in [1.29, 1.82) is 0 Å². The first-order chi connectivity index (χ1) is 10.2. The molecular formula is C16H31IN4O. The fourth-order valence-corrected chi connectivity index (χ4v) is 2.62.